The Bertz CT molecular complexity index is 94.7. The smallest absolute Gasteiger partial charge is 0.307 e. The SMILES string of the molecule is CS(=O)(=O)[SH2+].[Cl-]. The molecule has 0 aromatic heterocycles. The van der Waals surface area contributed by atoms with E-state index in [0.717, 1.165) is 6.26 Å². The molecule has 0 bridgehead atoms. The van der Waals surface area contributed by atoms with Gasteiger partial charge in [-0.05, 0) is 0 Å². The van der Waals surface area contributed by atoms with Crippen molar-refractivity contribution < 1.29 is 20.8 Å². The van der Waals surface area contributed by atoms with E-state index in [1.807, 2.05) is 0 Å². The Hall–Kier alpha value is 0.590. The second kappa shape index (κ2) is 2.71. The topological polar surface area (TPSA) is 34.1 Å². The van der Waals surface area contributed by atoms with Crippen LogP contribution in [0.1, 0.15) is 0 Å². The molecule has 0 amide bonds. The molecule has 2 nitrogen and oxygen atoms in total. The van der Waals surface area contributed by atoms with Crippen molar-refractivity contribution in [2.45, 2.75) is 0 Å². The van der Waals surface area contributed by atoms with Crippen LogP contribution >= 0.6 is 0 Å². The quantitative estimate of drug-likeness (QED) is 0.259. The predicted octanol–water partition coefficient (Wildman–Crippen LogP) is -4.04. The van der Waals surface area contributed by atoms with Gasteiger partial charge >= 0.3 is 8.87 Å². The largest absolute Gasteiger partial charge is 1.00 e. The first-order valence-corrected chi connectivity index (χ1v) is 4.06. The van der Waals surface area contributed by atoms with E-state index in [1.54, 1.807) is 0 Å². The molecule has 0 rings (SSSR count). The average molecular weight is 149 g/mol. The summed E-state index contributed by atoms with van der Waals surface area (Å²) in [5.41, 5.74) is 0. The Labute approximate surface area is 48.1 Å². The molecule has 0 spiro atoms. The van der Waals surface area contributed by atoms with Gasteiger partial charge in [-0.15, -0.1) is 0 Å². The van der Waals surface area contributed by atoms with E-state index in [9.17, 15) is 8.42 Å². The standard InChI is InChI=1S/CH4O2S2.ClH/c1-5(2,3)4;/h1H3,(H,2,3,4);1H. The minimum absolute atomic E-state index is 0. The van der Waals surface area contributed by atoms with Crippen LogP contribution in [0, 0.1) is 0 Å². The molecule has 40 valence electrons. The molecule has 0 N–H and O–H groups in total. The van der Waals surface area contributed by atoms with E-state index in [-0.39, 0.29) is 12.4 Å². The average Bonchev–Trinajstić information content (AvgIpc) is 0.722. The van der Waals surface area contributed by atoms with E-state index in [4.69, 9.17) is 0 Å². The van der Waals surface area contributed by atoms with Gasteiger partial charge in [0.15, 0.2) is 0 Å². The molecular weight excluding hydrogens is 144 g/mol. The van der Waals surface area contributed by atoms with E-state index in [1.165, 1.54) is 0 Å². The lowest BCUT2D eigenvalue weighted by molar-refractivity contribution is -0.00000337. The second-order valence-electron chi connectivity index (χ2n) is 0.772. The first-order valence-electron chi connectivity index (χ1n) is 0.946. The lowest BCUT2D eigenvalue weighted by Crippen LogP contribution is -3.00. The van der Waals surface area contributed by atoms with Gasteiger partial charge in [0.05, 0.1) is 17.9 Å². The van der Waals surface area contributed by atoms with Gasteiger partial charge in [-0.3, -0.25) is 0 Å². The van der Waals surface area contributed by atoms with Gasteiger partial charge in [-0.1, -0.05) is 0 Å². The maximum Gasteiger partial charge on any atom is 0.307 e. The van der Waals surface area contributed by atoms with Crippen molar-refractivity contribution in [3.8, 4) is 0 Å². The fourth-order valence-electron chi connectivity index (χ4n) is 0. The summed E-state index contributed by atoms with van der Waals surface area (Å²) in [6.07, 6.45) is 1.07. The summed E-state index contributed by atoms with van der Waals surface area (Å²) < 4.78 is 19.1. The molecule has 0 saturated carbocycles. The van der Waals surface area contributed by atoms with Crippen molar-refractivity contribution >= 4 is 20.5 Å². The van der Waals surface area contributed by atoms with Crippen LogP contribution in [-0.4, -0.2) is 14.7 Å². The Balaban J connectivity index is 0. The maximum absolute atomic E-state index is 9.55. The monoisotopic (exact) mass is 148 g/mol. The highest BCUT2D eigenvalue weighted by Crippen LogP contribution is 1.65. The third-order valence-electron chi connectivity index (χ3n) is 0. The molecule has 0 aliphatic rings. The fraction of sp³-hybridized carbons (Fsp3) is 1.00. The van der Waals surface area contributed by atoms with Gasteiger partial charge in [0.1, 0.15) is 0 Å². The highest BCUT2D eigenvalue weighted by Gasteiger charge is 1.89. The predicted molar refractivity (Wildman–Crippen MR) is 25.0 cm³/mol. The summed E-state index contributed by atoms with van der Waals surface area (Å²) in [4.78, 5) is 0. The lowest BCUT2D eigenvalue weighted by atomic mass is 12.0. The Kier molecular flexibility index (Phi) is 4.42. The third-order valence-corrected chi connectivity index (χ3v) is 0. The van der Waals surface area contributed by atoms with Crippen molar-refractivity contribution in [3.05, 3.63) is 0 Å². The number of hydrogen-bond acceptors (Lipinski definition) is 2. The molecule has 0 fully saturated rings. The molecule has 0 aromatic carbocycles. The van der Waals surface area contributed by atoms with Crippen LogP contribution in [0.25, 0.3) is 0 Å². The summed E-state index contributed by atoms with van der Waals surface area (Å²) in [5.74, 6) is 0. The van der Waals surface area contributed by atoms with E-state index in [2.05, 4.69) is 11.7 Å². The summed E-state index contributed by atoms with van der Waals surface area (Å²) in [7, 11) is -2.86. The molecule has 6 heavy (non-hydrogen) atoms. The minimum Gasteiger partial charge on any atom is -1.00 e. The first-order chi connectivity index (χ1) is 2.00. The molecule has 0 heterocycles. The van der Waals surface area contributed by atoms with E-state index < -0.39 is 8.87 Å². The molecular formula is CH5ClO2S2. The van der Waals surface area contributed by atoms with Crippen LogP contribution in [0.3, 0.4) is 0 Å². The number of halogens is 1. The zero-order chi connectivity index (χ0) is 4.50. The molecule has 0 aromatic rings. The van der Waals surface area contributed by atoms with Crippen molar-refractivity contribution in [1.29, 1.82) is 0 Å². The molecule has 0 radical (unpaired) electrons. The maximum atomic E-state index is 9.55. The lowest BCUT2D eigenvalue weighted by Gasteiger charge is -1.59. The highest BCUT2D eigenvalue weighted by molar-refractivity contribution is 8.53. The van der Waals surface area contributed by atoms with Crippen LogP contribution in [0.2, 0.25) is 0 Å². The van der Waals surface area contributed by atoms with E-state index in [0.29, 0.717) is 0 Å². The summed E-state index contributed by atoms with van der Waals surface area (Å²) in [5, 5.41) is 0. The summed E-state index contributed by atoms with van der Waals surface area (Å²) >= 11 is 2.39. The minimum atomic E-state index is -2.86. The van der Waals surface area contributed by atoms with Gasteiger partial charge in [0.25, 0.3) is 0 Å². The van der Waals surface area contributed by atoms with Gasteiger partial charge < -0.3 is 12.4 Å². The van der Waals surface area contributed by atoms with Gasteiger partial charge in [-0.25, -0.2) is 0 Å². The fourth-order valence-corrected chi connectivity index (χ4v) is 0. The molecule has 0 aliphatic carbocycles. The number of rotatable bonds is 0. The zero-order valence-corrected chi connectivity index (χ0v) is 5.68. The Morgan fingerprint density at radius 3 is 1.50 bits per heavy atom. The van der Waals surface area contributed by atoms with Gasteiger partial charge in [0, 0.05) is 0 Å². The van der Waals surface area contributed by atoms with E-state index >= 15 is 0 Å². The van der Waals surface area contributed by atoms with Crippen LogP contribution in [-0.2, 0) is 20.5 Å². The zero-order valence-electron chi connectivity index (χ0n) is 3.10. The van der Waals surface area contributed by atoms with Gasteiger partial charge in [0.2, 0.25) is 0 Å². The van der Waals surface area contributed by atoms with Gasteiger partial charge in [-0.2, -0.15) is 8.42 Å². The van der Waals surface area contributed by atoms with Crippen LogP contribution in [0.15, 0.2) is 0 Å². The van der Waals surface area contributed by atoms with Crippen molar-refractivity contribution in [1.82, 2.24) is 0 Å². The highest BCUT2D eigenvalue weighted by atomic mass is 35.5. The van der Waals surface area contributed by atoms with Crippen LogP contribution in [0.4, 0.5) is 0 Å². The Morgan fingerprint density at radius 1 is 1.50 bits per heavy atom. The van der Waals surface area contributed by atoms with Crippen molar-refractivity contribution in [3.63, 3.8) is 0 Å². The van der Waals surface area contributed by atoms with Crippen molar-refractivity contribution in [2.24, 2.45) is 0 Å². The summed E-state index contributed by atoms with van der Waals surface area (Å²) in [6.45, 7) is 0. The molecule has 0 atom stereocenters. The van der Waals surface area contributed by atoms with Crippen molar-refractivity contribution in [2.75, 3.05) is 6.26 Å². The second-order valence-corrected chi connectivity index (χ2v) is 4.54. The molecule has 5 heteroatoms. The third kappa shape index (κ3) is 170. The molecule has 0 aliphatic heterocycles. The molecule has 0 saturated heterocycles. The number of hydrogen-bond donors (Lipinski definition) is 0. The normalized spacial score (nSPS) is 9.67. The van der Waals surface area contributed by atoms with Crippen LogP contribution < -0.4 is 12.4 Å². The Morgan fingerprint density at radius 2 is 1.50 bits per heavy atom. The van der Waals surface area contributed by atoms with Crippen LogP contribution in [0.5, 0.6) is 0 Å². The summed E-state index contributed by atoms with van der Waals surface area (Å²) in [6, 6.07) is 0. The molecule has 0 unspecified atom stereocenters. The first kappa shape index (κ1) is 9.77.